The van der Waals surface area contributed by atoms with Crippen LogP contribution in [0.1, 0.15) is 25.8 Å². The van der Waals surface area contributed by atoms with E-state index in [2.05, 4.69) is 4.98 Å². The van der Waals surface area contributed by atoms with Gasteiger partial charge in [-0.15, -0.1) is 0 Å². The Labute approximate surface area is 167 Å². The van der Waals surface area contributed by atoms with Gasteiger partial charge in [0.25, 0.3) is 11.7 Å². The predicted molar refractivity (Wildman–Crippen MR) is 105 cm³/mol. The van der Waals surface area contributed by atoms with Crippen molar-refractivity contribution in [3.63, 3.8) is 0 Å². The fourth-order valence-electron chi connectivity index (χ4n) is 3.70. The van der Waals surface area contributed by atoms with E-state index >= 15 is 0 Å². The summed E-state index contributed by atoms with van der Waals surface area (Å²) in [7, 11) is 0. The number of ether oxygens (including phenoxy) is 1. The van der Waals surface area contributed by atoms with Crippen molar-refractivity contribution < 1.29 is 19.2 Å². The molecule has 2 amide bonds. The number of fused-ring (bicyclic) bond motifs is 2. The Morgan fingerprint density at radius 2 is 2.03 bits per heavy atom. The number of hydrogen-bond acceptors (Lipinski definition) is 6. The highest BCUT2D eigenvalue weighted by Gasteiger charge is 2.45. The van der Waals surface area contributed by atoms with Gasteiger partial charge in [-0.3, -0.25) is 14.5 Å². The summed E-state index contributed by atoms with van der Waals surface area (Å²) in [5, 5.41) is 11.1. The predicted octanol–water partition coefficient (Wildman–Crippen LogP) is 2.47. The highest BCUT2D eigenvalue weighted by molar-refractivity contribution is 6.08. The molecule has 0 fully saturated rings. The SMILES string of the molecule is CC1(C)Oc2ccc([N+](=O)[O-])nc2N(CC(=O)N2CCCc3ccccc32)C1=O. The molecule has 0 aliphatic carbocycles. The summed E-state index contributed by atoms with van der Waals surface area (Å²) in [5.41, 5.74) is 0.691. The molecular formula is C20H20N4O5. The minimum Gasteiger partial charge on any atom is -0.472 e. The van der Waals surface area contributed by atoms with Gasteiger partial charge in [0.1, 0.15) is 6.54 Å². The van der Waals surface area contributed by atoms with E-state index in [1.165, 1.54) is 17.0 Å². The van der Waals surface area contributed by atoms with Crippen molar-refractivity contribution in [1.82, 2.24) is 4.98 Å². The van der Waals surface area contributed by atoms with Gasteiger partial charge in [-0.1, -0.05) is 18.2 Å². The van der Waals surface area contributed by atoms with Gasteiger partial charge in [-0.25, -0.2) is 0 Å². The lowest BCUT2D eigenvalue weighted by molar-refractivity contribution is -0.389. The van der Waals surface area contributed by atoms with Crippen LogP contribution >= 0.6 is 0 Å². The number of amides is 2. The third kappa shape index (κ3) is 3.28. The fourth-order valence-corrected chi connectivity index (χ4v) is 3.70. The summed E-state index contributed by atoms with van der Waals surface area (Å²) >= 11 is 0. The van der Waals surface area contributed by atoms with Crippen molar-refractivity contribution in [3.8, 4) is 5.75 Å². The first-order valence-corrected chi connectivity index (χ1v) is 9.32. The van der Waals surface area contributed by atoms with Crippen LogP contribution in [0.5, 0.6) is 5.75 Å². The Morgan fingerprint density at radius 3 is 2.79 bits per heavy atom. The van der Waals surface area contributed by atoms with Crippen LogP contribution in [0.25, 0.3) is 0 Å². The number of aryl methyl sites for hydroxylation is 1. The number of rotatable bonds is 3. The van der Waals surface area contributed by atoms with Gasteiger partial charge in [0.2, 0.25) is 5.91 Å². The number of benzene rings is 1. The molecule has 9 nitrogen and oxygen atoms in total. The zero-order valence-electron chi connectivity index (χ0n) is 16.1. The Bertz CT molecular complexity index is 1020. The van der Waals surface area contributed by atoms with Crippen LogP contribution < -0.4 is 14.5 Å². The molecule has 0 unspecified atom stereocenters. The third-order valence-corrected chi connectivity index (χ3v) is 5.10. The maximum Gasteiger partial charge on any atom is 0.366 e. The highest BCUT2D eigenvalue weighted by Crippen LogP contribution is 2.38. The fraction of sp³-hybridized carbons (Fsp3) is 0.350. The van der Waals surface area contributed by atoms with Gasteiger partial charge in [0.15, 0.2) is 11.4 Å². The van der Waals surface area contributed by atoms with Crippen molar-refractivity contribution in [2.75, 3.05) is 22.9 Å². The number of carbonyl (C=O) groups excluding carboxylic acids is 2. The van der Waals surface area contributed by atoms with E-state index in [0.29, 0.717) is 6.54 Å². The molecule has 4 rings (SSSR count). The van der Waals surface area contributed by atoms with Gasteiger partial charge < -0.3 is 19.8 Å². The standard InChI is InChI=1S/C20H20N4O5/c1-20(2)19(26)23(18-15(29-20)9-10-16(21-18)24(27)28)12-17(25)22-11-5-7-13-6-3-4-8-14(13)22/h3-4,6,8-10H,5,7,11-12H2,1-2H3. The molecule has 29 heavy (non-hydrogen) atoms. The summed E-state index contributed by atoms with van der Waals surface area (Å²) in [4.78, 5) is 43.4. The second-order valence-electron chi connectivity index (χ2n) is 7.53. The maximum atomic E-state index is 13.1. The number of para-hydroxylation sites is 1. The second-order valence-corrected chi connectivity index (χ2v) is 7.53. The van der Waals surface area contributed by atoms with Crippen LogP contribution in [0.15, 0.2) is 36.4 Å². The first-order chi connectivity index (χ1) is 13.8. The molecule has 2 aliphatic heterocycles. The molecule has 1 aromatic heterocycles. The van der Waals surface area contributed by atoms with Crippen molar-refractivity contribution in [3.05, 3.63) is 52.1 Å². The van der Waals surface area contributed by atoms with Gasteiger partial charge in [0.05, 0.1) is 0 Å². The van der Waals surface area contributed by atoms with E-state index in [9.17, 15) is 19.7 Å². The molecular weight excluding hydrogens is 376 g/mol. The van der Waals surface area contributed by atoms with E-state index in [1.54, 1.807) is 18.7 Å². The number of aromatic nitrogens is 1. The number of carbonyl (C=O) groups is 2. The molecule has 1 aromatic carbocycles. The molecule has 0 saturated heterocycles. The van der Waals surface area contributed by atoms with Crippen LogP contribution in [-0.4, -0.2) is 40.4 Å². The molecule has 0 bridgehead atoms. The molecule has 2 aliphatic rings. The molecule has 150 valence electrons. The normalized spacial score (nSPS) is 17.2. The molecule has 0 spiro atoms. The van der Waals surface area contributed by atoms with E-state index < -0.39 is 22.2 Å². The van der Waals surface area contributed by atoms with Gasteiger partial charge in [-0.2, -0.15) is 0 Å². The minimum absolute atomic E-state index is 0.0119. The summed E-state index contributed by atoms with van der Waals surface area (Å²) in [6.07, 6.45) is 1.71. The van der Waals surface area contributed by atoms with Crippen LogP contribution in [0.4, 0.5) is 17.3 Å². The first kappa shape index (κ1) is 18.9. The van der Waals surface area contributed by atoms with Crippen molar-refractivity contribution in [2.45, 2.75) is 32.3 Å². The quantitative estimate of drug-likeness (QED) is 0.583. The Balaban J connectivity index is 1.69. The number of pyridine rings is 1. The summed E-state index contributed by atoms with van der Waals surface area (Å²) in [6, 6.07) is 10.3. The Hall–Kier alpha value is -3.49. The average molecular weight is 396 g/mol. The monoisotopic (exact) mass is 396 g/mol. The largest absolute Gasteiger partial charge is 0.472 e. The van der Waals surface area contributed by atoms with Crippen LogP contribution in [0, 0.1) is 10.1 Å². The zero-order valence-corrected chi connectivity index (χ0v) is 16.1. The molecule has 0 atom stereocenters. The second kappa shape index (κ2) is 6.84. The van der Waals surface area contributed by atoms with Crippen molar-refractivity contribution in [1.29, 1.82) is 0 Å². The smallest absolute Gasteiger partial charge is 0.366 e. The highest BCUT2D eigenvalue weighted by atomic mass is 16.6. The van der Waals surface area contributed by atoms with Crippen LogP contribution in [0.2, 0.25) is 0 Å². The number of anilines is 2. The van der Waals surface area contributed by atoms with Crippen LogP contribution in [-0.2, 0) is 16.0 Å². The van der Waals surface area contributed by atoms with Gasteiger partial charge >= 0.3 is 5.82 Å². The number of nitro groups is 1. The first-order valence-electron chi connectivity index (χ1n) is 9.32. The Kier molecular flexibility index (Phi) is 4.45. The molecule has 2 aromatic rings. The summed E-state index contributed by atoms with van der Waals surface area (Å²) < 4.78 is 5.68. The number of nitrogens with zero attached hydrogens (tertiary/aromatic N) is 4. The Morgan fingerprint density at radius 1 is 1.28 bits per heavy atom. The molecule has 0 radical (unpaired) electrons. The molecule has 0 N–H and O–H groups in total. The average Bonchev–Trinajstić information content (AvgIpc) is 2.70. The summed E-state index contributed by atoms with van der Waals surface area (Å²) in [5.74, 6) is -0.950. The molecule has 9 heteroatoms. The topological polar surface area (TPSA) is 106 Å². The van der Waals surface area contributed by atoms with Crippen LogP contribution in [0.3, 0.4) is 0 Å². The lowest BCUT2D eigenvalue weighted by Crippen LogP contribution is -2.56. The van der Waals surface area contributed by atoms with E-state index in [-0.39, 0.29) is 24.0 Å². The zero-order chi connectivity index (χ0) is 20.8. The van der Waals surface area contributed by atoms with E-state index in [1.807, 2.05) is 24.3 Å². The van der Waals surface area contributed by atoms with Gasteiger partial charge in [0, 0.05) is 18.3 Å². The lowest BCUT2D eigenvalue weighted by atomic mass is 10.0. The molecule has 3 heterocycles. The van der Waals surface area contributed by atoms with E-state index in [0.717, 1.165) is 24.1 Å². The summed E-state index contributed by atoms with van der Waals surface area (Å²) in [6.45, 7) is 3.45. The minimum atomic E-state index is -1.22. The third-order valence-electron chi connectivity index (χ3n) is 5.10. The van der Waals surface area contributed by atoms with Crippen molar-refractivity contribution >= 4 is 29.1 Å². The number of hydrogen-bond donors (Lipinski definition) is 0. The maximum absolute atomic E-state index is 13.1. The molecule has 0 saturated carbocycles. The van der Waals surface area contributed by atoms with Gasteiger partial charge in [-0.05, 0) is 54.3 Å². The lowest BCUT2D eigenvalue weighted by Gasteiger charge is -2.37. The van der Waals surface area contributed by atoms with E-state index in [4.69, 9.17) is 4.74 Å². The van der Waals surface area contributed by atoms with Crippen molar-refractivity contribution in [2.24, 2.45) is 0 Å².